The van der Waals surface area contributed by atoms with Crippen molar-refractivity contribution >= 4 is 23.2 Å². The van der Waals surface area contributed by atoms with Crippen molar-refractivity contribution in [2.24, 2.45) is 5.73 Å². The van der Waals surface area contributed by atoms with E-state index in [1.54, 1.807) is 6.07 Å². The lowest BCUT2D eigenvalue weighted by Crippen LogP contribution is -2.34. The number of carbonyl (C=O) groups excluding carboxylic acids is 1. The van der Waals surface area contributed by atoms with Gasteiger partial charge in [-0.05, 0) is 31.0 Å². The Balaban J connectivity index is 2.73. The van der Waals surface area contributed by atoms with Crippen LogP contribution in [0.5, 0.6) is 0 Å². The quantitative estimate of drug-likeness (QED) is 0.831. The third-order valence-electron chi connectivity index (χ3n) is 2.22. The molecule has 0 heterocycles. The summed E-state index contributed by atoms with van der Waals surface area (Å²) >= 11 is 5.93. The number of halogens is 1. The van der Waals surface area contributed by atoms with Crippen molar-refractivity contribution in [3.05, 3.63) is 28.8 Å². The van der Waals surface area contributed by atoms with E-state index in [-0.39, 0.29) is 5.91 Å². The van der Waals surface area contributed by atoms with Crippen molar-refractivity contribution in [1.29, 1.82) is 0 Å². The minimum absolute atomic E-state index is 0.183. The highest BCUT2D eigenvalue weighted by Crippen LogP contribution is 2.19. The van der Waals surface area contributed by atoms with Crippen LogP contribution >= 0.6 is 11.6 Å². The molecule has 0 radical (unpaired) electrons. The normalized spacial score (nSPS) is 12.3. The number of nitrogens with one attached hydrogen (secondary N) is 1. The smallest absolute Gasteiger partial charge is 0.241 e. The Kier molecular flexibility index (Phi) is 4.12. The zero-order valence-electron chi connectivity index (χ0n) is 8.88. The first-order chi connectivity index (χ1) is 7.04. The standard InChI is InChI=1S/C11H15ClN2O/c1-3-10(13)11(15)14-8-5-4-7(2)9(12)6-8/h4-6,10H,3,13H2,1-2H3,(H,14,15)/t10-/m0/s1. The van der Waals surface area contributed by atoms with Crippen molar-refractivity contribution in [1.82, 2.24) is 0 Å². The predicted molar refractivity (Wildman–Crippen MR) is 63.1 cm³/mol. The third kappa shape index (κ3) is 3.22. The molecule has 0 aromatic heterocycles. The van der Waals surface area contributed by atoms with Crippen molar-refractivity contribution in [3.63, 3.8) is 0 Å². The second-order valence-corrected chi connectivity index (χ2v) is 3.88. The average molecular weight is 227 g/mol. The summed E-state index contributed by atoms with van der Waals surface area (Å²) in [6, 6.07) is 4.92. The van der Waals surface area contributed by atoms with Gasteiger partial charge < -0.3 is 11.1 Å². The maximum atomic E-state index is 11.5. The first-order valence-electron chi connectivity index (χ1n) is 4.87. The van der Waals surface area contributed by atoms with Gasteiger partial charge in [-0.1, -0.05) is 24.6 Å². The highest BCUT2D eigenvalue weighted by molar-refractivity contribution is 6.31. The van der Waals surface area contributed by atoms with Crippen LogP contribution in [-0.2, 0) is 4.79 Å². The van der Waals surface area contributed by atoms with Crippen LogP contribution in [0.25, 0.3) is 0 Å². The summed E-state index contributed by atoms with van der Waals surface area (Å²) in [5, 5.41) is 3.35. The van der Waals surface area contributed by atoms with E-state index in [2.05, 4.69) is 5.32 Å². The molecule has 1 aromatic rings. The number of aryl methyl sites for hydroxylation is 1. The topological polar surface area (TPSA) is 55.1 Å². The Hall–Kier alpha value is -1.06. The fourth-order valence-corrected chi connectivity index (χ4v) is 1.27. The Morgan fingerprint density at radius 3 is 2.80 bits per heavy atom. The molecule has 0 aliphatic carbocycles. The highest BCUT2D eigenvalue weighted by atomic mass is 35.5. The number of nitrogens with two attached hydrogens (primary N) is 1. The van der Waals surface area contributed by atoms with E-state index >= 15 is 0 Å². The number of hydrogen-bond donors (Lipinski definition) is 2. The van der Waals surface area contributed by atoms with Gasteiger partial charge in [0.05, 0.1) is 6.04 Å². The molecule has 1 atom stereocenters. The Morgan fingerprint density at radius 2 is 2.27 bits per heavy atom. The van der Waals surface area contributed by atoms with Gasteiger partial charge in [-0.25, -0.2) is 0 Å². The Labute approximate surface area is 94.6 Å². The molecule has 0 unspecified atom stereocenters. The largest absolute Gasteiger partial charge is 0.325 e. The molecule has 0 spiro atoms. The lowest BCUT2D eigenvalue weighted by Gasteiger charge is -2.10. The predicted octanol–water partition coefficient (Wildman–Crippen LogP) is 2.32. The summed E-state index contributed by atoms with van der Waals surface area (Å²) in [5.74, 6) is -0.183. The summed E-state index contributed by atoms with van der Waals surface area (Å²) in [7, 11) is 0. The summed E-state index contributed by atoms with van der Waals surface area (Å²) in [4.78, 5) is 11.5. The number of carbonyl (C=O) groups is 1. The molecular weight excluding hydrogens is 212 g/mol. The second-order valence-electron chi connectivity index (χ2n) is 3.47. The molecule has 1 aromatic carbocycles. The first kappa shape index (κ1) is 12.0. The van der Waals surface area contributed by atoms with E-state index in [0.29, 0.717) is 17.1 Å². The summed E-state index contributed by atoms with van der Waals surface area (Å²) < 4.78 is 0. The summed E-state index contributed by atoms with van der Waals surface area (Å²) in [5.41, 5.74) is 7.25. The minimum Gasteiger partial charge on any atom is -0.325 e. The monoisotopic (exact) mass is 226 g/mol. The molecule has 1 amide bonds. The van der Waals surface area contributed by atoms with Gasteiger partial charge in [-0.3, -0.25) is 4.79 Å². The molecule has 0 aliphatic heterocycles. The minimum atomic E-state index is -0.468. The van der Waals surface area contributed by atoms with Crippen LogP contribution < -0.4 is 11.1 Å². The van der Waals surface area contributed by atoms with Gasteiger partial charge in [-0.15, -0.1) is 0 Å². The van der Waals surface area contributed by atoms with Crippen LogP contribution in [0.15, 0.2) is 18.2 Å². The lowest BCUT2D eigenvalue weighted by molar-refractivity contribution is -0.117. The van der Waals surface area contributed by atoms with E-state index in [0.717, 1.165) is 5.56 Å². The van der Waals surface area contributed by atoms with Crippen molar-refractivity contribution < 1.29 is 4.79 Å². The van der Waals surface area contributed by atoms with E-state index in [4.69, 9.17) is 17.3 Å². The molecular formula is C11H15ClN2O. The van der Waals surface area contributed by atoms with E-state index < -0.39 is 6.04 Å². The van der Waals surface area contributed by atoms with E-state index in [9.17, 15) is 4.79 Å². The van der Waals surface area contributed by atoms with Gasteiger partial charge in [0, 0.05) is 10.7 Å². The Morgan fingerprint density at radius 1 is 1.60 bits per heavy atom. The molecule has 0 fully saturated rings. The average Bonchev–Trinajstić information content (AvgIpc) is 2.22. The molecule has 1 rings (SSSR count). The maximum Gasteiger partial charge on any atom is 0.241 e. The molecule has 0 saturated carbocycles. The van der Waals surface area contributed by atoms with E-state index in [1.807, 2.05) is 26.0 Å². The fraction of sp³-hybridized carbons (Fsp3) is 0.364. The number of rotatable bonds is 3. The van der Waals surface area contributed by atoms with Crippen molar-refractivity contribution in [2.45, 2.75) is 26.3 Å². The highest BCUT2D eigenvalue weighted by Gasteiger charge is 2.10. The van der Waals surface area contributed by atoms with Crippen LogP contribution in [-0.4, -0.2) is 11.9 Å². The van der Waals surface area contributed by atoms with Crippen LogP contribution in [0.4, 0.5) is 5.69 Å². The van der Waals surface area contributed by atoms with Gasteiger partial charge in [-0.2, -0.15) is 0 Å². The number of benzene rings is 1. The summed E-state index contributed by atoms with van der Waals surface area (Å²) in [6.45, 7) is 3.78. The van der Waals surface area contributed by atoms with E-state index in [1.165, 1.54) is 0 Å². The molecule has 3 nitrogen and oxygen atoms in total. The number of hydrogen-bond acceptors (Lipinski definition) is 2. The van der Waals surface area contributed by atoms with Gasteiger partial charge in [0.2, 0.25) is 5.91 Å². The van der Waals surface area contributed by atoms with Gasteiger partial charge >= 0.3 is 0 Å². The van der Waals surface area contributed by atoms with Crippen LogP contribution in [0.1, 0.15) is 18.9 Å². The second kappa shape index (κ2) is 5.14. The molecule has 15 heavy (non-hydrogen) atoms. The Bertz CT molecular complexity index is 366. The summed E-state index contributed by atoms with van der Waals surface area (Å²) in [6.07, 6.45) is 0.616. The first-order valence-corrected chi connectivity index (χ1v) is 5.25. The number of anilines is 1. The molecule has 3 N–H and O–H groups in total. The number of amides is 1. The molecule has 0 aliphatic rings. The van der Waals surface area contributed by atoms with Gasteiger partial charge in [0.1, 0.15) is 0 Å². The zero-order chi connectivity index (χ0) is 11.4. The lowest BCUT2D eigenvalue weighted by atomic mass is 10.2. The molecule has 0 saturated heterocycles. The van der Waals surface area contributed by atoms with Crippen LogP contribution in [0, 0.1) is 6.92 Å². The van der Waals surface area contributed by atoms with Crippen LogP contribution in [0.3, 0.4) is 0 Å². The zero-order valence-corrected chi connectivity index (χ0v) is 9.64. The van der Waals surface area contributed by atoms with Crippen LogP contribution in [0.2, 0.25) is 5.02 Å². The van der Waals surface area contributed by atoms with Crippen molar-refractivity contribution in [3.8, 4) is 0 Å². The third-order valence-corrected chi connectivity index (χ3v) is 2.62. The van der Waals surface area contributed by atoms with Crippen molar-refractivity contribution in [2.75, 3.05) is 5.32 Å². The fourth-order valence-electron chi connectivity index (χ4n) is 1.09. The van der Waals surface area contributed by atoms with Gasteiger partial charge in [0.25, 0.3) is 0 Å². The molecule has 0 bridgehead atoms. The SMILES string of the molecule is CC[C@H](N)C(=O)Nc1ccc(C)c(Cl)c1. The molecule has 82 valence electrons. The molecule has 4 heteroatoms. The van der Waals surface area contributed by atoms with Gasteiger partial charge in [0.15, 0.2) is 0 Å². The maximum absolute atomic E-state index is 11.5.